The molecule has 8 rings (SSSR count). The van der Waals surface area contributed by atoms with Crippen LogP contribution in [-0.4, -0.2) is 101 Å². The molecular weight excluding hydrogens is 546 g/mol. The van der Waals surface area contributed by atoms with E-state index in [4.69, 9.17) is 5.73 Å². The molecule has 2 aliphatic rings. The molecule has 0 bridgehead atoms. The molecule has 8 N–H and O–H groups in total. The number of amidine groups is 1. The van der Waals surface area contributed by atoms with Gasteiger partial charge in [-0.05, 0) is 0 Å². The number of amides is 2. The number of anilines is 1. The van der Waals surface area contributed by atoms with Crippen molar-refractivity contribution in [2.75, 3.05) is 5.73 Å². The molecule has 8 heterocycles. The summed E-state index contributed by atoms with van der Waals surface area (Å²) in [7, 11) is 0. The summed E-state index contributed by atoms with van der Waals surface area (Å²) >= 11 is 0. The third-order valence-electron chi connectivity index (χ3n) is 4.70. The van der Waals surface area contributed by atoms with Crippen molar-refractivity contribution >= 4 is 69.6 Å². The molecule has 23 nitrogen and oxygen atoms in total. The normalized spacial score (nSPS) is 12.9. The molecule has 0 aliphatic carbocycles. The van der Waals surface area contributed by atoms with E-state index in [1.54, 1.807) is 0 Å². The highest BCUT2D eigenvalue weighted by Gasteiger charge is 2.15. The van der Waals surface area contributed by atoms with Crippen molar-refractivity contribution in [2.45, 2.75) is 0 Å². The number of aromatic nitrogens is 14. The lowest BCUT2D eigenvalue weighted by molar-refractivity contribution is 0.257. The number of carbonyl (C=O) groups excluding carboxylic acids is 1. The Hall–Kier alpha value is -6.94. The molecule has 6 aromatic heterocycles. The topological polar surface area (TPSA) is 342 Å². The molecular formula is C18H13N19O4. The highest BCUT2D eigenvalue weighted by molar-refractivity contribution is 6.67. The summed E-state index contributed by atoms with van der Waals surface area (Å²) in [6.07, 6.45) is 6.67. The van der Waals surface area contributed by atoms with Gasteiger partial charge in [0.2, 0.25) is 11.3 Å². The summed E-state index contributed by atoms with van der Waals surface area (Å²) < 4.78 is 0. The molecule has 6 aromatic rings. The Morgan fingerprint density at radius 3 is 2.05 bits per heavy atom. The Bertz CT molecular complexity index is 2090. The summed E-state index contributed by atoms with van der Waals surface area (Å²) in [6, 6.07) is -0.520. The average molecular weight is 559 g/mol. The molecule has 0 spiro atoms. The first kappa shape index (κ1) is 25.7. The number of rotatable bonds is 0. The fraction of sp³-hybridized carbons (Fsp3) is 0. The van der Waals surface area contributed by atoms with Crippen LogP contribution in [0.4, 0.5) is 10.7 Å². The maximum atomic E-state index is 11.0. The number of urea groups is 1. The molecule has 2 aliphatic heterocycles. The molecule has 2 amide bonds. The molecule has 0 saturated heterocycles. The van der Waals surface area contributed by atoms with Gasteiger partial charge in [0.15, 0.2) is 34.0 Å². The number of nitrogens with zero attached hydrogens (tertiary/aromatic N) is 12. The molecule has 0 aromatic carbocycles. The van der Waals surface area contributed by atoms with Crippen molar-refractivity contribution in [2.24, 2.45) is 20.0 Å². The first-order chi connectivity index (χ1) is 19.9. The number of fused-ring (bicyclic) bond motifs is 4. The second kappa shape index (κ2) is 11.2. The van der Waals surface area contributed by atoms with Crippen molar-refractivity contribution in [1.82, 2.24) is 70.7 Å². The van der Waals surface area contributed by atoms with Gasteiger partial charge >= 0.3 is 6.03 Å². The van der Waals surface area contributed by atoms with Crippen LogP contribution in [0.15, 0.2) is 53.3 Å². The minimum Gasteiger partial charge on any atom is -0.369 e. The Morgan fingerprint density at radius 1 is 0.683 bits per heavy atom. The van der Waals surface area contributed by atoms with Gasteiger partial charge in [0.05, 0.1) is 25.2 Å². The number of imidazole rings is 2. The van der Waals surface area contributed by atoms with Crippen LogP contribution in [0.25, 0.3) is 33.5 Å². The van der Waals surface area contributed by atoms with Gasteiger partial charge in [-0.25, -0.2) is 34.8 Å². The lowest BCUT2D eigenvalue weighted by atomic mass is 10.3. The van der Waals surface area contributed by atoms with Gasteiger partial charge in [0.25, 0.3) is 16.7 Å². The molecule has 0 atom stereocenters. The van der Waals surface area contributed by atoms with E-state index in [1.165, 1.54) is 31.5 Å². The predicted molar refractivity (Wildman–Crippen MR) is 141 cm³/mol. The monoisotopic (exact) mass is 559 g/mol. The SMILES string of the molecule is Nc1nc2nc[nH]c(=O)c2[nH]1.O=C1N=CC2=NC=NC2=N1.O=c1[nH]cnc2nn[nH]c12.O=c1[nH]nnc2nc[nH]c12. The van der Waals surface area contributed by atoms with Gasteiger partial charge in [-0.3, -0.25) is 19.5 Å². The third kappa shape index (κ3) is 5.81. The van der Waals surface area contributed by atoms with Crippen LogP contribution in [-0.2, 0) is 0 Å². The number of carbonyl (C=O) groups is 1. The van der Waals surface area contributed by atoms with Crippen LogP contribution >= 0.6 is 0 Å². The minimum absolute atomic E-state index is 0.198. The molecule has 0 saturated carbocycles. The number of hydrogen-bond acceptors (Lipinski definition) is 15. The zero-order valence-corrected chi connectivity index (χ0v) is 20.0. The van der Waals surface area contributed by atoms with Crippen LogP contribution in [0.5, 0.6) is 0 Å². The summed E-state index contributed by atoms with van der Waals surface area (Å²) in [5.74, 6) is 0.559. The Morgan fingerprint density at radius 2 is 1.34 bits per heavy atom. The van der Waals surface area contributed by atoms with E-state index >= 15 is 0 Å². The highest BCUT2D eigenvalue weighted by Crippen LogP contribution is 2.02. The third-order valence-corrected chi connectivity index (χ3v) is 4.70. The van der Waals surface area contributed by atoms with E-state index in [1.807, 2.05) is 0 Å². The van der Waals surface area contributed by atoms with Gasteiger partial charge in [-0.2, -0.15) is 15.0 Å². The molecule has 204 valence electrons. The Balaban J connectivity index is 0.000000110. The van der Waals surface area contributed by atoms with Gasteiger partial charge < -0.3 is 25.7 Å². The molecule has 0 unspecified atom stereocenters. The zero-order valence-electron chi connectivity index (χ0n) is 20.0. The molecule has 0 radical (unpaired) electrons. The second-order valence-electron chi connectivity index (χ2n) is 7.27. The highest BCUT2D eigenvalue weighted by atomic mass is 16.2. The minimum atomic E-state index is -0.520. The standard InChI is InChI=1S/C5H5N5O.C5H2N4O.2C4H3N5O/c6-5-9-2-3(10-5)7-1-8-4(2)11;10-5-6-1-3-4(9-5)8-2-7-3;10-4-2-3(5-1-6-4)8-9-7-2;10-4-2-3(6-1-5-2)7-9-8-4/h1H,(H4,6,7,8,9,10,11);1-2H;1H,(H2,5,6,7,8,9,10);1H,(H2,5,6,7,8,10). The fourth-order valence-corrected chi connectivity index (χ4v) is 2.93. The van der Waals surface area contributed by atoms with Gasteiger partial charge in [0, 0.05) is 0 Å². The number of aliphatic imine (C=N–C) groups is 4. The summed E-state index contributed by atoms with van der Waals surface area (Å²) in [6.45, 7) is 0. The quantitative estimate of drug-likeness (QED) is 0.100. The number of nitrogens with one attached hydrogen (secondary N) is 6. The average Bonchev–Trinajstić information content (AvgIpc) is 3.76. The lowest BCUT2D eigenvalue weighted by Crippen LogP contribution is -2.16. The number of hydrogen-bond donors (Lipinski definition) is 7. The van der Waals surface area contributed by atoms with Crippen LogP contribution in [0.2, 0.25) is 0 Å². The number of aromatic amines is 6. The van der Waals surface area contributed by atoms with E-state index in [0.717, 1.165) is 0 Å². The second-order valence-corrected chi connectivity index (χ2v) is 7.27. The number of nitrogens with two attached hydrogens (primary N) is 1. The molecule has 41 heavy (non-hydrogen) atoms. The molecule has 0 fully saturated rings. The van der Waals surface area contributed by atoms with Crippen LogP contribution in [0.3, 0.4) is 0 Å². The maximum absolute atomic E-state index is 11.0. The predicted octanol–water partition coefficient (Wildman–Crippen LogP) is -2.62. The van der Waals surface area contributed by atoms with Crippen molar-refractivity contribution in [3.8, 4) is 0 Å². The summed E-state index contributed by atoms with van der Waals surface area (Å²) in [5, 5.41) is 18.4. The largest absolute Gasteiger partial charge is 0.369 e. The van der Waals surface area contributed by atoms with Crippen LogP contribution < -0.4 is 22.4 Å². The van der Waals surface area contributed by atoms with Crippen LogP contribution in [0, 0.1) is 0 Å². The summed E-state index contributed by atoms with van der Waals surface area (Å²) in [5.41, 5.74) is 7.02. The zero-order chi connectivity index (χ0) is 28.8. The van der Waals surface area contributed by atoms with E-state index in [9.17, 15) is 19.2 Å². The molecule has 23 heteroatoms. The Kier molecular flexibility index (Phi) is 7.03. The van der Waals surface area contributed by atoms with Gasteiger partial charge in [0.1, 0.15) is 12.1 Å². The first-order valence-electron chi connectivity index (χ1n) is 10.8. The van der Waals surface area contributed by atoms with Crippen molar-refractivity contribution < 1.29 is 4.79 Å². The van der Waals surface area contributed by atoms with Crippen molar-refractivity contribution in [1.29, 1.82) is 0 Å². The lowest BCUT2D eigenvalue weighted by Gasteiger charge is -1.95. The maximum Gasteiger partial charge on any atom is 0.369 e. The number of nitrogen functional groups attached to an aromatic ring is 1. The van der Waals surface area contributed by atoms with E-state index in [2.05, 4.69) is 90.7 Å². The van der Waals surface area contributed by atoms with Crippen LogP contribution in [0.1, 0.15) is 0 Å². The Labute approximate surface area is 221 Å². The van der Waals surface area contributed by atoms with E-state index in [-0.39, 0.29) is 22.6 Å². The number of H-pyrrole nitrogens is 6. The fourth-order valence-electron chi connectivity index (χ4n) is 2.93. The van der Waals surface area contributed by atoms with Crippen molar-refractivity contribution in [3.63, 3.8) is 0 Å². The van der Waals surface area contributed by atoms with Gasteiger partial charge in [-0.1, -0.05) is 10.4 Å². The first-order valence-corrected chi connectivity index (χ1v) is 10.8. The smallest absolute Gasteiger partial charge is 0.369 e. The van der Waals surface area contributed by atoms with Crippen molar-refractivity contribution in [3.05, 3.63) is 50.0 Å². The van der Waals surface area contributed by atoms with E-state index < -0.39 is 6.03 Å². The van der Waals surface area contributed by atoms with E-state index in [0.29, 0.717) is 45.0 Å². The van der Waals surface area contributed by atoms with Gasteiger partial charge in [-0.15, -0.1) is 10.2 Å². The summed E-state index contributed by atoms with van der Waals surface area (Å²) in [4.78, 5) is 82.5.